The quantitative estimate of drug-likeness (QED) is 0.504. The third-order valence-electron chi connectivity index (χ3n) is 5.32. The summed E-state index contributed by atoms with van der Waals surface area (Å²) in [6.07, 6.45) is 2.62. The van der Waals surface area contributed by atoms with E-state index in [-0.39, 0.29) is 28.9 Å². The lowest BCUT2D eigenvalue weighted by Gasteiger charge is -2.30. The van der Waals surface area contributed by atoms with Gasteiger partial charge in [-0.05, 0) is 58.2 Å². The molecule has 1 aliphatic rings. The average Bonchev–Trinajstić information content (AvgIpc) is 2.74. The number of anilines is 1. The van der Waals surface area contributed by atoms with E-state index in [1.54, 1.807) is 20.8 Å². The highest BCUT2D eigenvalue weighted by atomic mass is 19.3. The van der Waals surface area contributed by atoms with Crippen molar-refractivity contribution in [2.75, 3.05) is 5.32 Å². The highest BCUT2D eigenvalue weighted by Gasteiger charge is 2.30. The summed E-state index contributed by atoms with van der Waals surface area (Å²) < 4.78 is 63.1. The van der Waals surface area contributed by atoms with Crippen LogP contribution in [0.2, 0.25) is 0 Å². The van der Waals surface area contributed by atoms with Crippen LogP contribution in [-0.4, -0.2) is 35.2 Å². The maximum absolute atomic E-state index is 14.5. The van der Waals surface area contributed by atoms with Gasteiger partial charge in [0, 0.05) is 29.2 Å². The Balaban J connectivity index is 1.72. The molecule has 7 nitrogen and oxygen atoms in total. The van der Waals surface area contributed by atoms with Crippen molar-refractivity contribution in [3.05, 3.63) is 42.1 Å². The second kappa shape index (κ2) is 10.9. The summed E-state index contributed by atoms with van der Waals surface area (Å²) in [5, 5.41) is 5.39. The molecule has 2 atom stereocenters. The van der Waals surface area contributed by atoms with E-state index in [2.05, 4.69) is 20.4 Å². The van der Waals surface area contributed by atoms with Crippen molar-refractivity contribution in [1.29, 1.82) is 0 Å². The molecule has 3 rings (SSSR count). The Morgan fingerprint density at radius 1 is 1.11 bits per heavy atom. The van der Waals surface area contributed by atoms with E-state index in [1.165, 1.54) is 0 Å². The molecule has 0 radical (unpaired) electrons. The molecule has 2 amide bonds. The number of alkyl carbamates (subject to hydrolysis) is 1. The van der Waals surface area contributed by atoms with Crippen molar-refractivity contribution in [2.24, 2.45) is 5.92 Å². The van der Waals surface area contributed by atoms with E-state index >= 15 is 0 Å². The first-order chi connectivity index (χ1) is 16.4. The zero-order valence-electron chi connectivity index (χ0n) is 19.5. The molecule has 35 heavy (non-hydrogen) atoms. The lowest BCUT2D eigenvalue weighted by atomic mass is 9.85. The van der Waals surface area contributed by atoms with Gasteiger partial charge in [0.25, 0.3) is 0 Å². The summed E-state index contributed by atoms with van der Waals surface area (Å²) >= 11 is 0. The Morgan fingerprint density at radius 2 is 1.86 bits per heavy atom. The second-order valence-electron chi connectivity index (χ2n) is 9.26. The van der Waals surface area contributed by atoms with Crippen molar-refractivity contribution in [3.63, 3.8) is 0 Å². The summed E-state index contributed by atoms with van der Waals surface area (Å²) in [4.78, 5) is 28.8. The summed E-state index contributed by atoms with van der Waals surface area (Å²) in [5.41, 5.74) is -0.966. The molecule has 11 heteroatoms. The van der Waals surface area contributed by atoms with Crippen LogP contribution in [-0.2, 0) is 9.53 Å². The van der Waals surface area contributed by atoms with E-state index in [0.717, 1.165) is 30.5 Å². The van der Waals surface area contributed by atoms with Gasteiger partial charge >= 0.3 is 12.7 Å². The Bertz CT molecular complexity index is 1080. The van der Waals surface area contributed by atoms with Gasteiger partial charge in [-0.15, -0.1) is 0 Å². The lowest BCUT2D eigenvalue weighted by Crippen LogP contribution is -2.43. The predicted molar refractivity (Wildman–Crippen MR) is 120 cm³/mol. The van der Waals surface area contributed by atoms with E-state index in [4.69, 9.17) is 4.74 Å². The maximum Gasteiger partial charge on any atom is 0.407 e. The van der Waals surface area contributed by atoms with Gasteiger partial charge in [-0.3, -0.25) is 4.79 Å². The first-order valence-corrected chi connectivity index (χ1v) is 11.1. The van der Waals surface area contributed by atoms with Gasteiger partial charge in [0.1, 0.15) is 28.8 Å². The van der Waals surface area contributed by atoms with Gasteiger partial charge in [-0.1, -0.05) is 6.42 Å². The summed E-state index contributed by atoms with van der Waals surface area (Å²) in [6.45, 7) is 2.01. The molecule has 0 aliphatic heterocycles. The van der Waals surface area contributed by atoms with Crippen LogP contribution in [0, 0.1) is 17.6 Å². The van der Waals surface area contributed by atoms with Crippen LogP contribution in [0.4, 0.5) is 28.2 Å². The smallest absolute Gasteiger partial charge is 0.407 e. The largest absolute Gasteiger partial charge is 0.444 e. The van der Waals surface area contributed by atoms with Gasteiger partial charge in [0.05, 0.1) is 6.20 Å². The number of carbonyl (C=O) groups excluding carboxylic acids is 2. The number of hydrogen-bond acceptors (Lipinski definition) is 5. The molecule has 2 N–H and O–H groups in total. The zero-order valence-corrected chi connectivity index (χ0v) is 19.5. The predicted octanol–water partition coefficient (Wildman–Crippen LogP) is 5.65. The molecule has 1 aromatic carbocycles. The third kappa shape index (κ3) is 7.56. The fourth-order valence-corrected chi connectivity index (χ4v) is 3.89. The molecule has 1 aromatic heterocycles. The molecule has 1 fully saturated rings. The van der Waals surface area contributed by atoms with Gasteiger partial charge in [-0.25, -0.2) is 18.6 Å². The Labute approximate surface area is 200 Å². The first-order valence-electron chi connectivity index (χ1n) is 11.1. The topological polar surface area (TPSA) is 89.5 Å². The number of nitrogens with one attached hydrogen (secondary N) is 2. The molecular weight excluding hydrogens is 470 g/mol. The number of halogens is 4. The summed E-state index contributed by atoms with van der Waals surface area (Å²) in [5.74, 6) is -3.09. The molecule has 2 aromatic rings. The van der Waals surface area contributed by atoms with Crippen molar-refractivity contribution < 1.29 is 36.6 Å². The maximum atomic E-state index is 14.5. The van der Waals surface area contributed by atoms with Crippen molar-refractivity contribution in [1.82, 2.24) is 10.3 Å². The number of hydrogen-bond donors (Lipinski definition) is 2. The number of rotatable bonds is 6. The molecule has 0 spiro atoms. The molecule has 1 heterocycles. The Morgan fingerprint density at radius 3 is 2.54 bits per heavy atom. The minimum atomic E-state index is -3.24. The van der Waals surface area contributed by atoms with Gasteiger partial charge in [0.2, 0.25) is 5.91 Å². The average molecular weight is 497 g/mol. The monoisotopic (exact) mass is 497 g/mol. The molecular formula is C24H27F4N3O4. The molecule has 0 bridgehead atoms. The SMILES string of the molecule is CC(C)(C)OC(=O)N[C@@H]1CCC[C@H](C(=O)Nc2cc(-c3ccc(F)cc3OC(F)F)c(F)cn2)C1. The Kier molecular flexibility index (Phi) is 8.18. The first kappa shape index (κ1) is 26.2. The van der Waals surface area contributed by atoms with Crippen LogP contribution >= 0.6 is 0 Å². The third-order valence-corrected chi connectivity index (χ3v) is 5.32. The number of pyridine rings is 1. The van der Waals surface area contributed by atoms with Crippen molar-refractivity contribution in [2.45, 2.75) is 64.7 Å². The highest BCUT2D eigenvalue weighted by molar-refractivity contribution is 5.92. The normalized spacial score (nSPS) is 18.2. The second-order valence-corrected chi connectivity index (χ2v) is 9.26. The Hall–Kier alpha value is -3.37. The molecule has 190 valence electrons. The number of benzene rings is 1. The molecule has 0 saturated heterocycles. The molecule has 0 unspecified atom stereocenters. The number of nitrogens with zero attached hydrogens (tertiary/aromatic N) is 1. The summed E-state index contributed by atoms with van der Waals surface area (Å²) in [7, 11) is 0. The zero-order chi connectivity index (χ0) is 25.8. The van der Waals surface area contributed by atoms with Gasteiger partial charge in [-0.2, -0.15) is 8.78 Å². The minimum Gasteiger partial charge on any atom is -0.444 e. The van der Waals surface area contributed by atoms with E-state index in [1.807, 2.05) is 0 Å². The molecule has 1 aliphatic carbocycles. The van der Waals surface area contributed by atoms with Crippen LogP contribution in [0.5, 0.6) is 5.75 Å². The van der Waals surface area contributed by atoms with E-state index < -0.39 is 41.6 Å². The fourth-order valence-electron chi connectivity index (χ4n) is 3.89. The van der Waals surface area contributed by atoms with Gasteiger partial charge < -0.3 is 20.1 Å². The number of carbonyl (C=O) groups is 2. The number of aromatic nitrogens is 1. The number of amides is 2. The highest BCUT2D eigenvalue weighted by Crippen LogP contribution is 2.35. The molecule has 1 saturated carbocycles. The van der Waals surface area contributed by atoms with Crippen molar-refractivity contribution in [3.8, 4) is 16.9 Å². The standard InChI is InChI=1S/C24H27F4N3O4/c1-24(2,3)35-23(33)30-15-6-4-5-13(9-15)21(32)31-20-11-17(18(26)12-29-20)16-8-7-14(25)10-19(16)34-22(27)28/h7-8,10-13,15,22H,4-6,9H2,1-3H3,(H,30,33)(H,29,31,32)/t13-,15+/m0/s1. The lowest BCUT2D eigenvalue weighted by molar-refractivity contribution is -0.121. The van der Waals surface area contributed by atoms with Crippen LogP contribution in [0.3, 0.4) is 0 Å². The van der Waals surface area contributed by atoms with Gasteiger partial charge in [0.15, 0.2) is 0 Å². The van der Waals surface area contributed by atoms with Crippen molar-refractivity contribution >= 4 is 17.8 Å². The van der Waals surface area contributed by atoms with Crippen LogP contribution < -0.4 is 15.4 Å². The van der Waals surface area contributed by atoms with E-state index in [0.29, 0.717) is 25.7 Å². The van der Waals surface area contributed by atoms with Crippen LogP contribution in [0.15, 0.2) is 30.5 Å². The number of ether oxygens (including phenoxy) is 2. The number of alkyl halides is 2. The minimum absolute atomic E-state index is 0.0130. The van der Waals surface area contributed by atoms with E-state index in [9.17, 15) is 27.2 Å². The van der Waals surface area contributed by atoms with Crippen LogP contribution in [0.25, 0.3) is 11.1 Å². The fraction of sp³-hybridized carbons (Fsp3) is 0.458. The van der Waals surface area contributed by atoms with Crippen LogP contribution in [0.1, 0.15) is 46.5 Å². The summed E-state index contributed by atoms with van der Waals surface area (Å²) in [6, 6.07) is 3.72.